The number of piperazine rings is 1. The van der Waals surface area contributed by atoms with Gasteiger partial charge in [0.25, 0.3) is 0 Å². The average molecular weight is 416 g/mol. The van der Waals surface area contributed by atoms with Crippen LogP contribution >= 0.6 is 0 Å². The molecule has 0 unspecified atom stereocenters. The van der Waals surface area contributed by atoms with E-state index in [4.69, 9.17) is 9.47 Å². The number of carbonyl (C=O) groups is 2. The van der Waals surface area contributed by atoms with Crippen LogP contribution in [-0.4, -0.2) is 58.9 Å². The van der Waals surface area contributed by atoms with Gasteiger partial charge >= 0.3 is 12.1 Å². The number of anilines is 1. The molecule has 1 aliphatic rings. The Hall–Kier alpha value is -2.70. The number of fused-ring (bicyclic) bond motifs is 1. The van der Waals surface area contributed by atoms with E-state index in [-0.39, 0.29) is 18.6 Å². The smallest absolute Gasteiger partial charge is 0.410 e. The Morgan fingerprint density at radius 3 is 2.13 bits per heavy atom. The number of benzene rings is 1. The standard InChI is InChI=1S/C23H33N3O4/c1-22(2,3)29-20(27)16-26-10-9-17-15-18(7-8-19(17)26)24-11-13-25(14-12-24)21(28)30-23(4,5)6/h7-10,15H,11-14,16H2,1-6H3. The lowest BCUT2D eigenvalue weighted by atomic mass is 10.2. The third-order valence-corrected chi connectivity index (χ3v) is 4.77. The second-order valence-electron chi connectivity index (χ2n) is 9.73. The molecule has 1 amide bonds. The highest BCUT2D eigenvalue weighted by molar-refractivity contribution is 5.85. The largest absolute Gasteiger partial charge is 0.459 e. The first-order chi connectivity index (χ1) is 13.9. The van der Waals surface area contributed by atoms with Crippen molar-refractivity contribution in [2.75, 3.05) is 31.1 Å². The van der Waals surface area contributed by atoms with Crippen LogP contribution in [0.3, 0.4) is 0 Å². The summed E-state index contributed by atoms with van der Waals surface area (Å²) >= 11 is 0. The molecule has 1 fully saturated rings. The van der Waals surface area contributed by atoms with Crippen molar-refractivity contribution in [1.82, 2.24) is 9.47 Å². The maximum Gasteiger partial charge on any atom is 0.410 e. The summed E-state index contributed by atoms with van der Waals surface area (Å²) in [5.74, 6) is -0.248. The Kier molecular flexibility index (Phi) is 6.01. The molecule has 7 heteroatoms. The summed E-state index contributed by atoms with van der Waals surface area (Å²) in [5.41, 5.74) is 1.14. The molecule has 1 aliphatic heterocycles. The number of nitrogens with zero attached hydrogens (tertiary/aromatic N) is 3. The Labute approximate surface area is 178 Å². The van der Waals surface area contributed by atoms with Gasteiger partial charge in [0.15, 0.2) is 0 Å². The number of aromatic nitrogens is 1. The summed E-state index contributed by atoms with van der Waals surface area (Å²) in [7, 11) is 0. The maximum atomic E-state index is 12.3. The number of amides is 1. The summed E-state index contributed by atoms with van der Waals surface area (Å²) < 4.78 is 12.8. The zero-order chi connectivity index (χ0) is 22.1. The highest BCUT2D eigenvalue weighted by atomic mass is 16.6. The van der Waals surface area contributed by atoms with Crippen molar-refractivity contribution in [2.45, 2.75) is 59.3 Å². The van der Waals surface area contributed by atoms with Crippen LogP contribution in [0, 0.1) is 0 Å². The first-order valence-corrected chi connectivity index (χ1v) is 10.4. The van der Waals surface area contributed by atoms with Crippen molar-refractivity contribution in [3.05, 3.63) is 30.5 Å². The summed E-state index contributed by atoms with van der Waals surface area (Å²) in [5, 5.41) is 1.07. The number of carbonyl (C=O) groups excluding carboxylic acids is 2. The molecule has 0 radical (unpaired) electrons. The Balaban J connectivity index is 1.63. The minimum absolute atomic E-state index is 0.189. The molecule has 0 saturated carbocycles. The second-order valence-corrected chi connectivity index (χ2v) is 9.73. The predicted molar refractivity (Wildman–Crippen MR) is 118 cm³/mol. The molecule has 3 rings (SSSR count). The Morgan fingerprint density at radius 2 is 1.53 bits per heavy atom. The maximum absolute atomic E-state index is 12.3. The number of esters is 1. The van der Waals surface area contributed by atoms with E-state index in [1.807, 2.05) is 64.4 Å². The Morgan fingerprint density at radius 1 is 0.900 bits per heavy atom. The van der Waals surface area contributed by atoms with Gasteiger partial charge in [-0.3, -0.25) is 4.79 Å². The lowest BCUT2D eigenvalue weighted by molar-refractivity contribution is -0.155. The minimum Gasteiger partial charge on any atom is -0.459 e. The average Bonchev–Trinajstić information content (AvgIpc) is 3.01. The van der Waals surface area contributed by atoms with Gasteiger partial charge < -0.3 is 23.8 Å². The lowest BCUT2D eigenvalue weighted by Gasteiger charge is -2.36. The van der Waals surface area contributed by atoms with Gasteiger partial charge in [0.2, 0.25) is 0 Å². The van der Waals surface area contributed by atoms with E-state index in [2.05, 4.69) is 17.0 Å². The van der Waals surface area contributed by atoms with Crippen molar-refractivity contribution in [2.24, 2.45) is 0 Å². The van der Waals surface area contributed by atoms with Gasteiger partial charge in [-0.25, -0.2) is 4.79 Å². The molecule has 1 aromatic heterocycles. The molecule has 0 atom stereocenters. The van der Waals surface area contributed by atoms with E-state index < -0.39 is 11.2 Å². The van der Waals surface area contributed by atoms with Crippen LogP contribution in [0.4, 0.5) is 10.5 Å². The summed E-state index contributed by atoms with van der Waals surface area (Å²) in [6.45, 7) is 14.2. The van der Waals surface area contributed by atoms with E-state index >= 15 is 0 Å². The van der Waals surface area contributed by atoms with Crippen molar-refractivity contribution < 1.29 is 19.1 Å². The van der Waals surface area contributed by atoms with Gasteiger partial charge in [-0.05, 0) is 65.8 Å². The van der Waals surface area contributed by atoms with Crippen LogP contribution in [0.5, 0.6) is 0 Å². The zero-order valence-electron chi connectivity index (χ0n) is 18.9. The number of ether oxygens (including phenoxy) is 2. The van der Waals surface area contributed by atoms with Crippen LogP contribution in [-0.2, 0) is 20.8 Å². The van der Waals surface area contributed by atoms with Gasteiger partial charge in [-0.1, -0.05) is 0 Å². The topological polar surface area (TPSA) is 64.0 Å². The van der Waals surface area contributed by atoms with Crippen molar-refractivity contribution in [3.8, 4) is 0 Å². The fraction of sp³-hybridized carbons (Fsp3) is 0.565. The summed E-state index contributed by atoms with van der Waals surface area (Å²) in [6, 6.07) is 8.25. The number of hydrogen-bond donors (Lipinski definition) is 0. The molecular weight excluding hydrogens is 382 g/mol. The molecule has 1 aromatic carbocycles. The van der Waals surface area contributed by atoms with Crippen LogP contribution in [0.2, 0.25) is 0 Å². The first kappa shape index (κ1) is 22.0. The van der Waals surface area contributed by atoms with Crippen molar-refractivity contribution >= 4 is 28.7 Å². The van der Waals surface area contributed by atoms with Gasteiger partial charge in [0.1, 0.15) is 17.7 Å². The molecule has 2 aromatic rings. The monoisotopic (exact) mass is 415 g/mol. The SMILES string of the molecule is CC(C)(C)OC(=O)Cn1ccc2cc(N3CCN(C(=O)OC(C)(C)C)CC3)ccc21. The Bertz CT molecular complexity index is 913. The van der Waals surface area contributed by atoms with Crippen molar-refractivity contribution in [1.29, 1.82) is 0 Å². The lowest BCUT2D eigenvalue weighted by Crippen LogP contribution is -2.50. The van der Waals surface area contributed by atoms with E-state index in [9.17, 15) is 9.59 Å². The molecule has 30 heavy (non-hydrogen) atoms. The van der Waals surface area contributed by atoms with Crippen LogP contribution in [0.25, 0.3) is 10.9 Å². The predicted octanol–water partition coefficient (Wildman–Crippen LogP) is 4.04. The second kappa shape index (κ2) is 8.20. The van der Waals surface area contributed by atoms with E-state index in [1.54, 1.807) is 4.90 Å². The normalized spacial score (nSPS) is 15.4. The molecule has 0 bridgehead atoms. The minimum atomic E-state index is -0.491. The highest BCUT2D eigenvalue weighted by Gasteiger charge is 2.26. The third kappa shape index (κ3) is 5.68. The van der Waals surface area contributed by atoms with E-state index in [0.29, 0.717) is 13.1 Å². The number of hydrogen-bond acceptors (Lipinski definition) is 5. The van der Waals surface area contributed by atoms with Gasteiger partial charge in [-0.15, -0.1) is 0 Å². The van der Waals surface area contributed by atoms with Crippen LogP contribution in [0.15, 0.2) is 30.5 Å². The molecule has 0 aliphatic carbocycles. The number of rotatable bonds is 3. The molecule has 7 nitrogen and oxygen atoms in total. The molecule has 0 N–H and O–H groups in total. The van der Waals surface area contributed by atoms with Gasteiger partial charge in [0.05, 0.1) is 0 Å². The molecule has 164 valence electrons. The molecule has 2 heterocycles. The van der Waals surface area contributed by atoms with Gasteiger partial charge in [0, 0.05) is 49.0 Å². The quantitative estimate of drug-likeness (QED) is 0.708. The first-order valence-electron chi connectivity index (χ1n) is 10.4. The molecule has 1 saturated heterocycles. The fourth-order valence-electron chi connectivity index (χ4n) is 3.51. The van der Waals surface area contributed by atoms with Crippen molar-refractivity contribution in [3.63, 3.8) is 0 Å². The van der Waals surface area contributed by atoms with E-state index in [0.717, 1.165) is 29.7 Å². The zero-order valence-corrected chi connectivity index (χ0v) is 18.9. The summed E-state index contributed by atoms with van der Waals surface area (Å²) in [6.07, 6.45) is 1.66. The van der Waals surface area contributed by atoms with Crippen LogP contribution in [0.1, 0.15) is 41.5 Å². The van der Waals surface area contributed by atoms with Gasteiger partial charge in [-0.2, -0.15) is 0 Å². The van der Waals surface area contributed by atoms with E-state index in [1.165, 1.54) is 0 Å². The highest BCUT2D eigenvalue weighted by Crippen LogP contribution is 2.25. The molecule has 0 spiro atoms. The summed E-state index contributed by atoms with van der Waals surface area (Å²) in [4.78, 5) is 28.4. The fourth-order valence-corrected chi connectivity index (χ4v) is 3.51. The third-order valence-electron chi connectivity index (χ3n) is 4.77. The molecular formula is C23H33N3O4. The van der Waals surface area contributed by atoms with Crippen LogP contribution < -0.4 is 4.90 Å².